The molecule has 3 atom stereocenters. The van der Waals surface area contributed by atoms with Crippen molar-refractivity contribution in [1.82, 2.24) is 15.5 Å². The summed E-state index contributed by atoms with van der Waals surface area (Å²) >= 11 is 0. The third kappa shape index (κ3) is 2.40. The number of alkyl carbamates (subject to hydrolysis) is 1. The molecule has 2 N–H and O–H groups in total. The molecule has 0 aliphatic carbocycles. The lowest BCUT2D eigenvalue weighted by Crippen LogP contribution is -2.46. The van der Waals surface area contributed by atoms with Gasteiger partial charge in [-0.3, -0.25) is 4.90 Å². The quantitative estimate of drug-likeness (QED) is 0.744. The Bertz CT molecular complexity index is 291. The van der Waals surface area contributed by atoms with Crippen LogP contribution in [-0.2, 0) is 4.74 Å². The SMILES string of the molecule is O=C1NCC(CN2CCCC2C2CCCN2)O1. The van der Waals surface area contributed by atoms with Gasteiger partial charge in [-0.1, -0.05) is 0 Å². The van der Waals surface area contributed by atoms with E-state index in [1.54, 1.807) is 0 Å². The van der Waals surface area contributed by atoms with Crippen LogP contribution in [0.1, 0.15) is 25.7 Å². The van der Waals surface area contributed by atoms with Crippen molar-refractivity contribution in [3.8, 4) is 0 Å². The molecule has 3 saturated heterocycles. The third-order valence-corrected chi connectivity index (χ3v) is 4.16. The molecule has 3 heterocycles. The van der Waals surface area contributed by atoms with Gasteiger partial charge in [0.1, 0.15) is 6.10 Å². The molecule has 17 heavy (non-hydrogen) atoms. The first-order valence-corrected chi connectivity index (χ1v) is 6.75. The van der Waals surface area contributed by atoms with Gasteiger partial charge in [0.15, 0.2) is 0 Å². The topological polar surface area (TPSA) is 53.6 Å². The highest BCUT2D eigenvalue weighted by Gasteiger charge is 2.35. The van der Waals surface area contributed by atoms with Crippen LogP contribution in [0, 0.1) is 0 Å². The molecular weight excluding hydrogens is 218 g/mol. The fraction of sp³-hybridized carbons (Fsp3) is 0.917. The van der Waals surface area contributed by atoms with Crippen LogP contribution >= 0.6 is 0 Å². The first-order valence-electron chi connectivity index (χ1n) is 6.75. The molecule has 0 saturated carbocycles. The average molecular weight is 239 g/mol. The van der Waals surface area contributed by atoms with Crippen molar-refractivity contribution in [2.45, 2.75) is 43.9 Å². The normalized spacial score (nSPS) is 38.4. The van der Waals surface area contributed by atoms with Crippen molar-refractivity contribution in [2.75, 3.05) is 26.2 Å². The number of amides is 1. The molecule has 0 bridgehead atoms. The van der Waals surface area contributed by atoms with E-state index in [0.29, 0.717) is 18.6 Å². The fourth-order valence-corrected chi connectivity index (χ4v) is 3.37. The van der Waals surface area contributed by atoms with Crippen molar-refractivity contribution in [1.29, 1.82) is 0 Å². The summed E-state index contributed by atoms with van der Waals surface area (Å²) in [5.41, 5.74) is 0. The predicted molar refractivity (Wildman–Crippen MR) is 63.9 cm³/mol. The number of cyclic esters (lactones) is 1. The van der Waals surface area contributed by atoms with E-state index in [1.807, 2.05) is 0 Å². The summed E-state index contributed by atoms with van der Waals surface area (Å²) in [5, 5.41) is 6.32. The lowest BCUT2D eigenvalue weighted by Gasteiger charge is -2.30. The second kappa shape index (κ2) is 4.82. The standard InChI is InChI=1S/C12H21N3O2/c16-12-14-7-9(17-12)8-15-6-2-4-11(15)10-3-1-5-13-10/h9-11,13H,1-8H2,(H,14,16). The van der Waals surface area contributed by atoms with E-state index in [0.717, 1.165) is 19.6 Å². The zero-order valence-corrected chi connectivity index (χ0v) is 10.2. The minimum Gasteiger partial charge on any atom is -0.443 e. The number of nitrogens with one attached hydrogen (secondary N) is 2. The maximum atomic E-state index is 11.0. The predicted octanol–water partition coefficient (Wildman–Crippen LogP) is 0.311. The Balaban J connectivity index is 1.56. The van der Waals surface area contributed by atoms with E-state index < -0.39 is 0 Å². The summed E-state index contributed by atoms with van der Waals surface area (Å²) in [6.07, 6.45) is 4.94. The lowest BCUT2D eigenvalue weighted by molar-refractivity contribution is 0.0973. The number of hydrogen-bond acceptors (Lipinski definition) is 4. The van der Waals surface area contributed by atoms with Crippen LogP contribution in [0.25, 0.3) is 0 Å². The Morgan fingerprint density at radius 2 is 2.29 bits per heavy atom. The Hall–Kier alpha value is -0.810. The third-order valence-electron chi connectivity index (χ3n) is 4.16. The van der Waals surface area contributed by atoms with Gasteiger partial charge >= 0.3 is 6.09 Å². The molecule has 0 aromatic heterocycles. The van der Waals surface area contributed by atoms with Crippen LogP contribution in [0.2, 0.25) is 0 Å². The van der Waals surface area contributed by atoms with Crippen LogP contribution in [-0.4, -0.2) is 55.4 Å². The van der Waals surface area contributed by atoms with Crippen molar-refractivity contribution >= 4 is 6.09 Å². The molecule has 5 nitrogen and oxygen atoms in total. The van der Waals surface area contributed by atoms with Crippen molar-refractivity contribution < 1.29 is 9.53 Å². The molecule has 3 fully saturated rings. The highest BCUT2D eigenvalue weighted by Crippen LogP contribution is 2.25. The van der Waals surface area contributed by atoms with Crippen LogP contribution < -0.4 is 10.6 Å². The van der Waals surface area contributed by atoms with Gasteiger partial charge < -0.3 is 15.4 Å². The molecule has 0 spiro atoms. The Labute approximate surface area is 102 Å². The van der Waals surface area contributed by atoms with E-state index in [-0.39, 0.29) is 12.2 Å². The highest BCUT2D eigenvalue weighted by molar-refractivity contribution is 5.69. The highest BCUT2D eigenvalue weighted by atomic mass is 16.6. The van der Waals surface area contributed by atoms with Gasteiger partial charge in [0, 0.05) is 18.6 Å². The molecule has 3 aliphatic heterocycles. The fourth-order valence-electron chi connectivity index (χ4n) is 3.37. The van der Waals surface area contributed by atoms with Gasteiger partial charge in [0.05, 0.1) is 6.54 Å². The maximum Gasteiger partial charge on any atom is 0.407 e. The zero-order chi connectivity index (χ0) is 11.7. The van der Waals surface area contributed by atoms with E-state index >= 15 is 0 Å². The summed E-state index contributed by atoms with van der Waals surface area (Å²) in [4.78, 5) is 13.5. The largest absolute Gasteiger partial charge is 0.443 e. The number of carbonyl (C=O) groups is 1. The first-order chi connectivity index (χ1) is 8.33. The first kappa shape index (κ1) is 11.3. The van der Waals surface area contributed by atoms with Crippen molar-refractivity contribution in [2.24, 2.45) is 0 Å². The number of nitrogens with zero attached hydrogens (tertiary/aromatic N) is 1. The number of likely N-dealkylation sites (tertiary alicyclic amines) is 1. The average Bonchev–Trinajstić information content (AvgIpc) is 3.00. The van der Waals surface area contributed by atoms with Crippen molar-refractivity contribution in [3.63, 3.8) is 0 Å². The summed E-state index contributed by atoms with van der Waals surface area (Å²) in [6, 6.07) is 1.30. The number of ether oxygens (including phenoxy) is 1. The molecule has 3 unspecified atom stereocenters. The summed E-state index contributed by atoms with van der Waals surface area (Å²) in [5.74, 6) is 0. The number of rotatable bonds is 3. The van der Waals surface area contributed by atoms with E-state index in [9.17, 15) is 4.79 Å². The van der Waals surface area contributed by atoms with E-state index in [1.165, 1.54) is 25.7 Å². The van der Waals surface area contributed by atoms with Gasteiger partial charge in [-0.25, -0.2) is 4.79 Å². The Morgan fingerprint density at radius 1 is 1.35 bits per heavy atom. The summed E-state index contributed by atoms with van der Waals surface area (Å²) < 4.78 is 5.22. The van der Waals surface area contributed by atoms with E-state index in [4.69, 9.17) is 4.74 Å². The monoisotopic (exact) mass is 239 g/mol. The summed E-state index contributed by atoms with van der Waals surface area (Å²) in [6.45, 7) is 3.87. The molecule has 3 rings (SSSR count). The van der Waals surface area contributed by atoms with Crippen LogP contribution in [0.3, 0.4) is 0 Å². The van der Waals surface area contributed by atoms with Gasteiger partial charge in [-0.05, 0) is 38.8 Å². The molecular formula is C12H21N3O2. The molecule has 3 aliphatic rings. The summed E-state index contributed by atoms with van der Waals surface area (Å²) in [7, 11) is 0. The molecule has 1 amide bonds. The zero-order valence-electron chi connectivity index (χ0n) is 10.2. The van der Waals surface area contributed by atoms with Crippen LogP contribution in [0.4, 0.5) is 4.79 Å². The Morgan fingerprint density at radius 3 is 3.00 bits per heavy atom. The molecule has 5 heteroatoms. The second-order valence-corrected chi connectivity index (χ2v) is 5.32. The van der Waals surface area contributed by atoms with Gasteiger partial charge in [0.25, 0.3) is 0 Å². The minimum absolute atomic E-state index is 0.0458. The van der Waals surface area contributed by atoms with Crippen LogP contribution in [0.15, 0.2) is 0 Å². The maximum absolute atomic E-state index is 11.0. The van der Waals surface area contributed by atoms with Gasteiger partial charge in [-0.15, -0.1) is 0 Å². The van der Waals surface area contributed by atoms with Gasteiger partial charge in [0.2, 0.25) is 0 Å². The lowest BCUT2D eigenvalue weighted by atomic mass is 10.0. The molecule has 96 valence electrons. The molecule has 0 radical (unpaired) electrons. The van der Waals surface area contributed by atoms with E-state index in [2.05, 4.69) is 15.5 Å². The molecule has 0 aromatic carbocycles. The van der Waals surface area contributed by atoms with Crippen LogP contribution in [0.5, 0.6) is 0 Å². The van der Waals surface area contributed by atoms with Crippen molar-refractivity contribution in [3.05, 3.63) is 0 Å². The number of hydrogen-bond donors (Lipinski definition) is 2. The molecule has 0 aromatic rings. The number of carbonyl (C=O) groups excluding carboxylic acids is 1. The Kier molecular flexibility index (Phi) is 3.20. The smallest absolute Gasteiger partial charge is 0.407 e. The minimum atomic E-state index is -0.260. The van der Waals surface area contributed by atoms with Gasteiger partial charge in [-0.2, -0.15) is 0 Å². The second-order valence-electron chi connectivity index (χ2n) is 5.32.